The molecule has 60 heavy (non-hydrogen) atoms. The fourth-order valence-electron chi connectivity index (χ4n) is 8.36. The highest BCUT2D eigenvalue weighted by molar-refractivity contribution is 8.18. The van der Waals surface area contributed by atoms with Crippen LogP contribution < -0.4 is 0 Å². The summed E-state index contributed by atoms with van der Waals surface area (Å²) in [4.78, 5) is 42.2. The number of allylic oxidation sites excluding steroid dienone is 2. The summed E-state index contributed by atoms with van der Waals surface area (Å²) in [6, 6.07) is 30.8. The first kappa shape index (κ1) is 44.2. The maximum absolute atomic E-state index is 13.0. The number of aliphatic imine (C=N–C) groups is 2. The van der Waals surface area contributed by atoms with Crippen molar-refractivity contribution in [1.82, 2.24) is 14.7 Å². The van der Waals surface area contributed by atoms with E-state index >= 15 is 0 Å². The second-order valence-electron chi connectivity index (χ2n) is 16.2. The van der Waals surface area contributed by atoms with Gasteiger partial charge in [0.15, 0.2) is 10.3 Å². The van der Waals surface area contributed by atoms with Crippen molar-refractivity contribution in [3.63, 3.8) is 0 Å². The lowest BCUT2D eigenvalue weighted by Crippen LogP contribution is -2.36. The SMILES string of the molecule is CC(C)C1=C(C(=O)N(C)C)SC2=N[C@@](C)(c3cccc(Cl)c3)[C@@H](c3ccc(Cl)cc3)N21.CC(C)C1=C(C(=O)O)SC2=N[C@@](C)(c3cccc(Cl)c3)[C@@H](c3ccc(Cl)cc3)N21. The van der Waals surface area contributed by atoms with Crippen LogP contribution in [0.4, 0.5) is 0 Å². The predicted octanol–water partition coefficient (Wildman–Crippen LogP) is 12.6. The highest BCUT2D eigenvalue weighted by atomic mass is 35.5. The van der Waals surface area contributed by atoms with Crippen LogP contribution in [0.1, 0.15) is 75.9 Å². The molecule has 14 heteroatoms. The number of carbonyl (C=O) groups excluding carboxylic acids is 1. The van der Waals surface area contributed by atoms with Crippen LogP contribution in [-0.2, 0) is 20.7 Å². The number of rotatable bonds is 8. The molecule has 4 heterocycles. The molecule has 4 aliphatic rings. The second-order valence-corrected chi connectivity index (χ2v) is 19.9. The van der Waals surface area contributed by atoms with Gasteiger partial charge in [0.25, 0.3) is 5.91 Å². The standard InChI is InChI=1S/C24H25Cl2N3OS.C22H20Cl2N2O2S/c1-14(2)19-20(22(30)28(4)5)31-23-27-24(3,16-7-6-8-18(26)13-16)21(29(19)23)15-9-11-17(25)12-10-15;1-12(2)17-18(20(27)28)29-21-25-22(3,14-5-4-6-16(24)11-14)19(26(17)21)13-7-9-15(23)10-8-13/h6-14,21H,1-5H3;4-12,19H,1-3H3,(H,27,28)/t21-,24+;19-,22+/m11/s1. The Morgan fingerprint density at radius 2 is 1.02 bits per heavy atom. The van der Waals surface area contributed by atoms with E-state index in [9.17, 15) is 14.7 Å². The molecule has 4 aromatic rings. The van der Waals surface area contributed by atoms with Crippen molar-refractivity contribution in [2.45, 2.75) is 64.7 Å². The van der Waals surface area contributed by atoms with E-state index in [2.05, 4.69) is 43.6 Å². The summed E-state index contributed by atoms with van der Waals surface area (Å²) in [7, 11) is 3.57. The highest BCUT2D eigenvalue weighted by Gasteiger charge is 2.54. The van der Waals surface area contributed by atoms with E-state index in [1.54, 1.807) is 19.0 Å². The summed E-state index contributed by atoms with van der Waals surface area (Å²) in [6.45, 7) is 12.5. The maximum atomic E-state index is 13.0. The molecule has 4 aliphatic heterocycles. The molecule has 0 aliphatic carbocycles. The molecule has 0 saturated heterocycles. The molecule has 4 atom stereocenters. The Morgan fingerprint density at radius 3 is 1.37 bits per heavy atom. The van der Waals surface area contributed by atoms with Crippen molar-refractivity contribution < 1.29 is 14.7 Å². The molecule has 1 amide bonds. The molecule has 0 radical (unpaired) electrons. The molecule has 0 bridgehead atoms. The van der Waals surface area contributed by atoms with E-state index in [1.807, 2.05) is 105 Å². The minimum absolute atomic E-state index is 0.00474. The first-order valence-corrected chi connectivity index (χ1v) is 22.6. The Labute approximate surface area is 380 Å². The van der Waals surface area contributed by atoms with Gasteiger partial charge in [-0.15, -0.1) is 0 Å². The normalized spacial score (nSPS) is 23.2. The number of likely N-dealkylation sites (N-methyl/N-ethyl adjacent to an activating group) is 1. The Bertz CT molecular complexity index is 2490. The Balaban J connectivity index is 0.000000182. The molecular formula is C46H45Cl4N5O3S2. The van der Waals surface area contributed by atoms with Crippen LogP contribution in [0.25, 0.3) is 0 Å². The first-order chi connectivity index (χ1) is 28.3. The van der Waals surface area contributed by atoms with Crippen molar-refractivity contribution >= 4 is 92.1 Å². The van der Waals surface area contributed by atoms with Crippen LogP contribution >= 0.6 is 69.9 Å². The number of benzene rings is 4. The average molecular weight is 922 g/mol. The van der Waals surface area contributed by atoms with Crippen LogP contribution in [0, 0.1) is 11.8 Å². The highest BCUT2D eigenvalue weighted by Crippen LogP contribution is 2.58. The lowest BCUT2D eigenvalue weighted by atomic mass is 9.81. The number of carbonyl (C=O) groups is 2. The molecule has 0 saturated carbocycles. The van der Waals surface area contributed by atoms with E-state index in [0.29, 0.717) is 30.2 Å². The van der Waals surface area contributed by atoms with Gasteiger partial charge in [-0.1, -0.05) is 123 Å². The maximum Gasteiger partial charge on any atom is 0.344 e. The largest absolute Gasteiger partial charge is 0.477 e. The summed E-state index contributed by atoms with van der Waals surface area (Å²) in [5.74, 6) is -0.742. The second kappa shape index (κ2) is 17.1. The zero-order chi connectivity index (χ0) is 43.4. The number of aliphatic carboxylic acids is 1. The molecule has 8 nitrogen and oxygen atoms in total. The van der Waals surface area contributed by atoms with Gasteiger partial charge in [-0.3, -0.25) is 4.79 Å². The number of fused-ring (bicyclic) bond motifs is 2. The van der Waals surface area contributed by atoms with E-state index in [-0.39, 0.29) is 29.8 Å². The van der Waals surface area contributed by atoms with Gasteiger partial charge < -0.3 is 19.8 Å². The molecule has 0 fully saturated rings. The lowest BCUT2D eigenvalue weighted by Gasteiger charge is -2.37. The zero-order valence-corrected chi connectivity index (χ0v) is 39.0. The van der Waals surface area contributed by atoms with Crippen LogP contribution in [-0.4, -0.2) is 56.1 Å². The molecule has 0 aromatic heterocycles. The van der Waals surface area contributed by atoms with E-state index in [1.165, 1.54) is 23.5 Å². The smallest absolute Gasteiger partial charge is 0.344 e. The van der Waals surface area contributed by atoms with E-state index < -0.39 is 17.0 Å². The molecule has 4 aromatic carbocycles. The van der Waals surface area contributed by atoms with Crippen LogP contribution in [0.15, 0.2) is 128 Å². The molecule has 8 rings (SSSR count). The van der Waals surface area contributed by atoms with E-state index in [4.69, 9.17) is 56.4 Å². The number of carboxylic acid groups (broad SMARTS) is 1. The molecule has 1 N–H and O–H groups in total. The van der Waals surface area contributed by atoms with Gasteiger partial charge in [0.2, 0.25) is 0 Å². The van der Waals surface area contributed by atoms with Crippen LogP contribution in [0.5, 0.6) is 0 Å². The van der Waals surface area contributed by atoms with Crippen molar-refractivity contribution in [2.24, 2.45) is 21.8 Å². The van der Waals surface area contributed by atoms with Crippen LogP contribution in [0.3, 0.4) is 0 Å². The Kier molecular flexibility index (Phi) is 12.6. The Morgan fingerprint density at radius 1 is 0.633 bits per heavy atom. The van der Waals surface area contributed by atoms with Gasteiger partial charge in [-0.05, 0) is 120 Å². The number of amides is 1. The van der Waals surface area contributed by atoms with Gasteiger partial charge >= 0.3 is 5.97 Å². The number of hydrogen-bond acceptors (Lipinski definition) is 8. The third-order valence-electron chi connectivity index (χ3n) is 11.1. The van der Waals surface area contributed by atoms with Gasteiger partial charge in [0.1, 0.15) is 20.9 Å². The number of thioether (sulfide) groups is 2. The summed E-state index contributed by atoms with van der Waals surface area (Å²) >= 11 is 27.7. The number of halogens is 4. The minimum Gasteiger partial charge on any atom is -0.477 e. The van der Waals surface area contributed by atoms with Crippen LogP contribution in [0.2, 0.25) is 20.1 Å². The number of nitrogens with zero attached hydrogens (tertiary/aromatic N) is 5. The fourth-order valence-corrected chi connectivity index (χ4v) is 11.7. The van der Waals surface area contributed by atoms with Gasteiger partial charge in [0, 0.05) is 45.6 Å². The van der Waals surface area contributed by atoms with Gasteiger partial charge in [0.05, 0.1) is 12.1 Å². The van der Waals surface area contributed by atoms with Crippen molar-refractivity contribution in [2.75, 3.05) is 14.1 Å². The summed E-state index contributed by atoms with van der Waals surface area (Å²) < 4.78 is 0. The summed E-state index contributed by atoms with van der Waals surface area (Å²) in [6.07, 6.45) is 0. The molecule has 0 unspecified atom stereocenters. The Hall–Kier alpha value is -3.90. The molecule has 0 spiro atoms. The summed E-state index contributed by atoms with van der Waals surface area (Å²) in [5.41, 5.74) is 4.70. The fraction of sp³-hybridized carbons (Fsp3) is 0.304. The quantitative estimate of drug-likeness (QED) is 0.188. The van der Waals surface area contributed by atoms with Gasteiger partial charge in [-0.2, -0.15) is 0 Å². The average Bonchev–Trinajstić information content (AvgIpc) is 3.91. The third-order valence-corrected chi connectivity index (χ3v) is 14.2. The third kappa shape index (κ3) is 8.00. The monoisotopic (exact) mass is 919 g/mol. The number of hydrogen-bond donors (Lipinski definition) is 1. The lowest BCUT2D eigenvalue weighted by molar-refractivity contribution is -0.132. The molecular weight excluding hydrogens is 876 g/mol. The first-order valence-electron chi connectivity index (χ1n) is 19.5. The molecule has 312 valence electrons. The van der Waals surface area contributed by atoms with Crippen molar-refractivity contribution in [3.05, 3.63) is 161 Å². The van der Waals surface area contributed by atoms with Crippen molar-refractivity contribution in [3.8, 4) is 0 Å². The van der Waals surface area contributed by atoms with Gasteiger partial charge in [-0.25, -0.2) is 14.8 Å². The predicted molar refractivity (Wildman–Crippen MR) is 250 cm³/mol. The van der Waals surface area contributed by atoms with Crippen molar-refractivity contribution in [1.29, 1.82) is 0 Å². The topological polar surface area (TPSA) is 88.8 Å². The summed E-state index contributed by atoms with van der Waals surface area (Å²) in [5, 5.41) is 14.0. The minimum atomic E-state index is -0.921. The number of carboxylic acids is 1. The zero-order valence-electron chi connectivity index (χ0n) is 34.4. The van der Waals surface area contributed by atoms with E-state index in [0.717, 1.165) is 43.7 Å². The number of amidine groups is 2.